The molecule has 1 heterocycles. The molecule has 6 nitrogen and oxygen atoms in total. The third-order valence-corrected chi connectivity index (χ3v) is 1.75. The van der Waals surface area contributed by atoms with Crippen LogP contribution in [0.15, 0.2) is 27.6 Å². The van der Waals surface area contributed by atoms with Crippen LogP contribution in [0.2, 0.25) is 0 Å². The quantitative estimate of drug-likeness (QED) is 0.367. The molecule has 1 aromatic rings. The largest absolute Gasteiger partial charge is 0.502 e. The highest BCUT2D eigenvalue weighted by Crippen LogP contribution is 2.20. The molecule has 0 aliphatic carbocycles. The molecule has 1 aromatic heterocycles. The van der Waals surface area contributed by atoms with Gasteiger partial charge in [0.05, 0.1) is 12.9 Å². The first-order valence-electron chi connectivity index (χ1n) is 4.59. The molecule has 0 aliphatic rings. The van der Waals surface area contributed by atoms with Gasteiger partial charge in [0.25, 0.3) is 0 Å². The summed E-state index contributed by atoms with van der Waals surface area (Å²) in [6.45, 7) is 3.40. The van der Waals surface area contributed by atoms with Crippen molar-refractivity contribution in [2.75, 3.05) is 6.61 Å². The third-order valence-electron chi connectivity index (χ3n) is 1.75. The number of carbonyl (C=O) groups excluding carboxylic acids is 1. The average molecular weight is 225 g/mol. The van der Waals surface area contributed by atoms with Crippen LogP contribution >= 0.6 is 0 Å². The number of nitroso groups, excluding NO2 is 1. The fraction of sp³-hybridized carbons (Fsp3) is 0.300. The first-order valence-corrected chi connectivity index (χ1v) is 4.59. The number of aryl methyl sites for hydroxylation is 1. The van der Waals surface area contributed by atoms with Gasteiger partial charge in [0.2, 0.25) is 5.70 Å². The minimum Gasteiger partial charge on any atom is -0.502 e. The first kappa shape index (κ1) is 12.0. The highest BCUT2D eigenvalue weighted by atomic mass is 16.5. The van der Waals surface area contributed by atoms with Crippen LogP contribution in [0, 0.1) is 11.8 Å². The van der Waals surface area contributed by atoms with E-state index in [0.29, 0.717) is 0 Å². The summed E-state index contributed by atoms with van der Waals surface area (Å²) in [6.07, 6.45) is 1.37. The molecule has 6 heteroatoms. The zero-order valence-electron chi connectivity index (χ0n) is 8.89. The van der Waals surface area contributed by atoms with Crippen molar-refractivity contribution in [3.63, 3.8) is 0 Å². The molecule has 0 aliphatic heterocycles. The van der Waals surface area contributed by atoms with Crippen LogP contribution in [0.25, 0.3) is 5.76 Å². The monoisotopic (exact) mass is 225 g/mol. The topological polar surface area (TPSA) is 89.1 Å². The predicted molar refractivity (Wildman–Crippen MR) is 55.4 cm³/mol. The van der Waals surface area contributed by atoms with Gasteiger partial charge in [0.1, 0.15) is 0 Å². The molecule has 16 heavy (non-hydrogen) atoms. The summed E-state index contributed by atoms with van der Waals surface area (Å²) in [5.41, 5.74) is 0.0480. The summed E-state index contributed by atoms with van der Waals surface area (Å²) in [5.74, 6) is -1.61. The van der Waals surface area contributed by atoms with Crippen LogP contribution < -0.4 is 0 Å². The molecule has 0 spiro atoms. The van der Waals surface area contributed by atoms with Crippen LogP contribution in [0.4, 0.5) is 0 Å². The number of hydrogen-bond acceptors (Lipinski definition) is 6. The smallest absolute Gasteiger partial charge is 0.364 e. The van der Waals surface area contributed by atoms with Crippen molar-refractivity contribution in [2.45, 2.75) is 13.8 Å². The first-order chi connectivity index (χ1) is 7.60. The van der Waals surface area contributed by atoms with E-state index in [1.54, 1.807) is 13.8 Å². The summed E-state index contributed by atoms with van der Waals surface area (Å²) in [4.78, 5) is 21.7. The van der Waals surface area contributed by atoms with E-state index in [2.05, 4.69) is 9.91 Å². The summed E-state index contributed by atoms with van der Waals surface area (Å²) in [7, 11) is 0. The van der Waals surface area contributed by atoms with Gasteiger partial charge in [-0.25, -0.2) is 4.79 Å². The fourth-order valence-electron chi connectivity index (χ4n) is 1.05. The molecule has 86 valence electrons. The van der Waals surface area contributed by atoms with E-state index in [4.69, 9.17) is 4.42 Å². The summed E-state index contributed by atoms with van der Waals surface area (Å²) >= 11 is 0. The molecule has 0 aromatic carbocycles. The molecular formula is C10H11NO5. The Morgan fingerprint density at radius 3 is 2.75 bits per heavy atom. The molecule has 1 N–H and O–H groups in total. The maximum absolute atomic E-state index is 11.2. The molecule has 0 fully saturated rings. The van der Waals surface area contributed by atoms with Crippen molar-refractivity contribution in [3.05, 3.63) is 34.3 Å². The standard InChI is InChI=1S/C10H11NO5/c1-3-15-10(13)8(11-14)9(12)7-4-6(2)5-16-7/h4-5,12H,3H2,1-2H3. The van der Waals surface area contributed by atoms with Gasteiger partial charge >= 0.3 is 5.97 Å². The van der Waals surface area contributed by atoms with Gasteiger partial charge < -0.3 is 14.3 Å². The SMILES string of the molecule is CCOC(=O)C(N=O)=C(O)c1cc(C)co1. The van der Waals surface area contributed by atoms with Gasteiger partial charge in [0, 0.05) is 0 Å². The molecule has 0 radical (unpaired) electrons. The Kier molecular flexibility index (Phi) is 3.82. The average Bonchev–Trinajstić information content (AvgIpc) is 2.66. The maximum atomic E-state index is 11.2. The van der Waals surface area contributed by atoms with Crippen molar-refractivity contribution >= 4 is 11.7 Å². The van der Waals surface area contributed by atoms with Gasteiger partial charge in [-0.3, -0.25) is 0 Å². The summed E-state index contributed by atoms with van der Waals surface area (Å²) in [6, 6.07) is 1.47. The van der Waals surface area contributed by atoms with E-state index in [9.17, 15) is 14.8 Å². The zero-order chi connectivity index (χ0) is 12.1. The van der Waals surface area contributed by atoms with Crippen molar-refractivity contribution in [3.8, 4) is 0 Å². The Morgan fingerprint density at radius 2 is 2.31 bits per heavy atom. The highest BCUT2D eigenvalue weighted by molar-refractivity contribution is 5.94. The lowest BCUT2D eigenvalue weighted by Crippen LogP contribution is -2.08. The fourth-order valence-corrected chi connectivity index (χ4v) is 1.05. The van der Waals surface area contributed by atoms with Gasteiger partial charge in [-0.05, 0) is 30.7 Å². The van der Waals surface area contributed by atoms with E-state index in [-0.39, 0.29) is 12.4 Å². The lowest BCUT2D eigenvalue weighted by Gasteiger charge is -2.01. The van der Waals surface area contributed by atoms with Crippen LogP contribution in [0.1, 0.15) is 18.2 Å². The van der Waals surface area contributed by atoms with Crippen molar-refractivity contribution in [1.29, 1.82) is 0 Å². The summed E-state index contributed by atoms with van der Waals surface area (Å²) < 4.78 is 9.47. The number of esters is 1. The number of aliphatic hydroxyl groups is 1. The molecule has 1 rings (SSSR count). The van der Waals surface area contributed by atoms with Crippen LogP contribution in [0.5, 0.6) is 0 Å². The lowest BCUT2D eigenvalue weighted by molar-refractivity contribution is -0.138. The minimum atomic E-state index is -0.982. The van der Waals surface area contributed by atoms with Crippen molar-refractivity contribution in [1.82, 2.24) is 0 Å². The summed E-state index contributed by atoms with van der Waals surface area (Å²) in [5, 5.41) is 12.0. The van der Waals surface area contributed by atoms with Gasteiger partial charge in [-0.15, -0.1) is 4.91 Å². The van der Waals surface area contributed by atoms with Gasteiger partial charge in [-0.1, -0.05) is 0 Å². The number of ether oxygens (including phenoxy) is 1. The molecule has 0 saturated carbocycles. The zero-order valence-corrected chi connectivity index (χ0v) is 8.89. The Morgan fingerprint density at radius 1 is 1.62 bits per heavy atom. The number of hydrogen-bond donors (Lipinski definition) is 1. The number of aliphatic hydroxyl groups excluding tert-OH is 1. The minimum absolute atomic E-state index is 0.000142. The number of carbonyl (C=O) groups is 1. The Hall–Kier alpha value is -2.11. The normalized spacial score (nSPS) is 11.9. The van der Waals surface area contributed by atoms with E-state index in [1.165, 1.54) is 12.3 Å². The number of furan rings is 1. The van der Waals surface area contributed by atoms with Crippen LogP contribution in [0.3, 0.4) is 0 Å². The Labute approximate surface area is 91.5 Å². The van der Waals surface area contributed by atoms with Crippen LogP contribution in [-0.4, -0.2) is 17.7 Å². The second kappa shape index (κ2) is 5.11. The maximum Gasteiger partial charge on any atom is 0.364 e. The lowest BCUT2D eigenvalue weighted by atomic mass is 10.2. The van der Waals surface area contributed by atoms with E-state index in [1.807, 2.05) is 0 Å². The van der Waals surface area contributed by atoms with Crippen molar-refractivity contribution < 1.29 is 19.1 Å². The second-order valence-electron chi connectivity index (χ2n) is 3.00. The van der Waals surface area contributed by atoms with E-state index in [0.717, 1.165) is 5.56 Å². The van der Waals surface area contributed by atoms with Crippen molar-refractivity contribution in [2.24, 2.45) is 5.18 Å². The Balaban J connectivity index is 3.08. The number of nitrogens with zero attached hydrogens (tertiary/aromatic N) is 1. The van der Waals surface area contributed by atoms with Crippen LogP contribution in [-0.2, 0) is 9.53 Å². The van der Waals surface area contributed by atoms with E-state index < -0.39 is 17.4 Å². The molecule has 0 unspecified atom stereocenters. The molecule has 0 bridgehead atoms. The molecule has 0 saturated heterocycles. The van der Waals surface area contributed by atoms with Gasteiger partial charge in [-0.2, -0.15) is 0 Å². The molecular weight excluding hydrogens is 214 g/mol. The Bertz CT molecular complexity index is 432. The van der Waals surface area contributed by atoms with E-state index >= 15 is 0 Å². The van der Waals surface area contributed by atoms with Gasteiger partial charge in [0.15, 0.2) is 11.5 Å². The second-order valence-corrected chi connectivity index (χ2v) is 3.00. The predicted octanol–water partition coefficient (Wildman–Crippen LogP) is 2.14. The molecule has 0 atom stereocenters. The highest BCUT2D eigenvalue weighted by Gasteiger charge is 2.21. The number of rotatable bonds is 4. The third kappa shape index (κ3) is 2.47. The molecule has 0 amide bonds.